The van der Waals surface area contributed by atoms with Crippen molar-refractivity contribution < 1.29 is 5.11 Å². The van der Waals surface area contributed by atoms with Crippen LogP contribution in [-0.4, -0.2) is 29.4 Å². The molecule has 3 heteroatoms. The summed E-state index contributed by atoms with van der Waals surface area (Å²) >= 11 is 0. The summed E-state index contributed by atoms with van der Waals surface area (Å²) in [6, 6.07) is 8.46. The van der Waals surface area contributed by atoms with Crippen LogP contribution in [0.2, 0.25) is 0 Å². The number of nitrogens with one attached hydrogen (secondary N) is 1. The molecule has 0 fully saturated rings. The van der Waals surface area contributed by atoms with Crippen LogP contribution >= 0.6 is 0 Å². The summed E-state index contributed by atoms with van der Waals surface area (Å²) in [6.45, 7) is 1.91. The van der Waals surface area contributed by atoms with Gasteiger partial charge < -0.3 is 15.0 Å². The van der Waals surface area contributed by atoms with E-state index in [9.17, 15) is 5.11 Å². The normalized spacial score (nSPS) is 18.9. The fraction of sp³-hybridized carbons (Fsp3) is 0.333. The van der Waals surface area contributed by atoms with Gasteiger partial charge in [0.05, 0.1) is 12.3 Å². The third kappa shape index (κ3) is 1.67. The van der Waals surface area contributed by atoms with Crippen LogP contribution in [0.3, 0.4) is 0 Å². The van der Waals surface area contributed by atoms with E-state index in [1.807, 2.05) is 0 Å². The van der Waals surface area contributed by atoms with E-state index in [1.54, 1.807) is 0 Å². The van der Waals surface area contributed by atoms with E-state index in [2.05, 4.69) is 47.3 Å². The fourth-order valence-electron chi connectivity index (χ4n) is 2.88. The number of nitrogens with zero attached hydrogens (tertiary/aromatic N) is 1. The molecular formula is C15H18N2O. The van der Waals surface area contributed by atoms with Gasteiger partial charge in [0.2, 0.25) is 0 Å². The number of aliphatic hydroxyl groups is 1. The van der Waals surface area contributed by atoms with Crippen molar-refractivity contribution >= 4 is 16.5 Å². The maximum atomic E-state index is 9.59. The lowest BCUT2D eigenvalue weighted by Crippen LogP contribution is -2.20. The SMILES string of the molecule is Cn1c2c(c3ccccc31)CCNC/C=C\2CO. The highest BCUT2D eigenvalue weighted by Crippen LogP contribution is 2.30. The molecule has 1 aliphatic heterocycles. The second-order valence-corrected chi connectivity index (χ2v) is 4.74. The van der Waals surface area contributed by atoms with Gasteiger partial charge in [-0.25, -0.2) is 0 Å². The predicted octanol–water partition coefficient (Wildman–Crippen LogP) is 1.70. The van der Waals surface area contributed by atoms with E-state index in [0.717, 1.165) is 25.1 Å². The van der Waals surface area contributed by atoms with Gasteiger partial charge in [-0.15, -0.1) is 0 Å². The molecule has 0 radical (unpaired) electrons. The predicted molar refractivity (Wildman–Crippen MR) is 74.6 cm³/mol. The molecule has 2 N–H and O–H groups in total. The summed E-state index contributed by atoms with van der Waals surface area (Å²) in [6.07, 6.45) is 3.10. The van der Waals surface area contributed by atoms with E-state index >= 15 is 0 Å². The highest BCUT2D eigenvalue weighted by Gasteiger charge is 2.18. The van der Waals surface area contributed by atoms with Crippen LogP contribution in [-0.2, 0) is 13.5 Å². The van der Waals surface area contributed by atoms with E-state index in [-0.39, 0.29) is 6.61 Å². The Bertz CT molecular complexity index is 610. The molecule has 94 valence electrons. The number of fused-ring (bicyclic) bond motifs is 3. The lowest BCUT2D eigenvalue weighted by Gasteiger charge is -2.14. The maximum Gasteiger partial charge on any atom is 0.0699 e. The molecule has 3 rings (SSSR count). The Morgan fingerprint density at radius 3 is 3.00 bits per heavy atom. The molecule has 0 bridgehead atoms. The molecule has 1 aromatic carbocycles. The van der Waals surface area contributed by atoms with Gasteiger partial charge in [-0.2, -0.15) is 0 Å². The first-order valence-corrected chi connectivity index (χ1v) is 6.40. The van der Waals surface area contributed by atoms with Gasteiger partial charge in [-0.3, -0.25) is 0 Å². The zero-order valence-corrected chi connectivity index (χ0v) is 10.6. The van der Waals surface area contributed by atoms with E-state index in [4.69, 9.17) is 0 Å². The number of hydrogen-bond donors (Lipinski definition) is 2. The molecule has 0 spiro atoms. The smallest absolute Gasteiger partial charge is 0.0699 e. The second-order valence-electron chi connectivity index (χ2n) is 4.74. The monoisotopic (exact) mass is 242 g/mol. The van der Waals surface area contributed by atoms with Crippen LogP contribution in [0.1, 0.15) is 11.3 Å². The zero-order chi connectivity index (χ0) is 12.5. The topological polar surface area (TPSA) is 37.2 Å². The summed E-state index contributed by atoms with van der Waals surface area (Å²) < 4.78 is 2.21. The van der Waals surface area contributed by atoms with E-state index in [1.165, 1.54) is 22.2 Å². The molecule has 18 heavy (non-hydrogen) atoms. The van der Waals surface area contributed by atoms with Crippen molar-refractivity contribution in [3.05, 3.63) is 41.6 Å². The molecule has 0 saturated carbocycles. The Morgan fingerprint density at radius 2 is 2.17 bits per heavy atom. The first-order valence-electron chi connectivity index (χ1n) is 6.40. The number of aromatic nitrogens is 1. The van der Waals surface area contributed by atoms with E-state index < -0.39 is 0 Å². The van der Waals surface area contributed by atoms with E-state index in [0.29, 0.717) is 0 Å². The summed E-state index contributed by atoms with van der Waals surface area (Å²) in [5, 5.41) is 14.3. The first kappa shape index (κ1) is 11.5. The van der Waals surface area contributed by atoms with Crippen molar-refractivity contribution in [3.8, 4) is 0 Å². The Balaban J connectivity index is 2.33. The Labute approximate surface area is 107 Å². The minimum absolute atomic E-state index is 0.0961. The van der Waals surface area contributed by atoms with Gasteiger partial charge in [-0.1, -0.05) is 24.3 Å². The van der Waals surface area contributed by atoms with Crippen molar-refractivity contribution in [1.29, 1.82) is 0 Å². The quantitative estimate of drug-likeness (QED) is 0.798. The van der Waals surface area contributed by atoms with Crippen LogP contribution in [0.4, 0.5) is 0 Å². The minimum Gasteiger partial charge on any atom is -0.392 e. The van der Waals surface area contributed by atoms with Gasteiger partial charge in [0, 0.05) is 24.5 Å². The van der Waals surface area contributed by atoms with Gasteiger partial charge in [0.25, 0.3) is 0 Å². The van der Waals surface area contributed by atoms with Crippen LogP contribution in [0.25, 0.3) is 16.5 Å². The van der Waals surface area contributed by atoms with Crippen LogP contribution in [0, 0.1) is 0 Å². The van der Waals surface area contributed by atoms with Gasteiger partial charge in [0.15, 0.2) is 0 Å². The highest BCUT2D eigenvalue weighted by atomic mass is 16.3. The standard InChI is InChI=1S/C15H18N2O/c1-17-14-5-3-2-4-12(14)13-7-9-16-8-6-11(10-18)15(13)17/h2-6,16,18H,7-10H2,1H3/b11-6-. The zero-order valence-electron chi connectivity index (χ0n) is 10.6. The molecule has 0 atom stereocenters. The Morgan fingerprint density at radius 1 is 1.33 bits per heavy atom. The summed E-state index contributed by atoms with van der Waals surface area (Å²) in [5.41, 5.74) is 4.81. The number of aryl methyl sites for hydroxylation is 1. The molecule has 2 heterocycles. The van der Waals surface area contributed by atoms with Crippen molar-refractivity contribution in [2.24, 2.45) is 7.05 Å². The van der Waals surface area contributed by atoms with Crippen molar-refractivity contribution in [1.82, 2.24) is 9.88 Å². The summed E-state index contributed by atoms with van der Waals surface area (Å²) in [7, 11) is 2.08. The molecule has 1 aromatic heterocycles. The Kier molecular flexibility index (Phi) is 2.94. The minimum atomic E-state index is 0.0961. The van der Waals surface area contributed by atoms with Gasteiger partial charge >= 0.3 is 0 Å². The number of aliphatic hydroxyl groups excluding tert-OH is 1. The fourth-order valence-corrected chi connectivity index (χ4v) is 2.88. The van der Waals surface area contributed by atoms with Crippen LogP contribution < -0.4 is 5.32 Å². The van der Waals surface area contributed by atoms with Crippen molar-refractivity contribution in [2.45, 2.75) is 6.42 Å². The molecule has 0 unspecified atom stereocenters. The number of para-hydroxylation sites is 1. The Hall–Kier alpha value is -1.58. The second kappa shape index (κ2) is 4.59. The molecular weight excluding hydrogens is 224 g/mol. The lowest BCUT2D eigenvalue weighted by molar-refractivity contribution is 0.349. The summed E-state index contributed by atoms with van der Waals surface area (Å²) in [5.74, 6) is 0. The number of benzene rings is 1. The average Bonchev–Trinajstić information content (AvgIpc) is 2.64. The molecule has 3 nitrogen and oxygen atoms in total. The number of hydrogen-bond acceptors (Lipinski definition) is 2. The highest BCUT2D eigenvalue weighted by molar-refractivity contribution is 5.90. The molecule has 0 amide bonds. The third-order valence-electron chi connectivity index (χ3n) is 3.73. The molecule has 0 saturated heterocycles. The maximum absolute atomic E-state index is 9.59. The largest absolute Gasteiger partial charge is 0.392 e. The van der Waals surface area contributed by atoms with Gasteiger partial charge in [0.1, 0.15) is 0 Å². The van der Waals surface area contributed by atoms with Crippen molar-refractivity contribution in [3.63, 3.8) is 0 Å². The molecule has 0 aliphatic carbocycles. The summed E-state index contributed by atoms with van der Waals surface area (Å²) in [4.78, 5) is 0. The van der Waals surface area contributed by atoms with Crippen LogP contribution in [0.5, 0.6) is 0 Å². The lowest BCUT2D eigenvalue weighted by atomic mass is 10.0. The van der Waals surface area contributed by atoms with Crippen LogP contribution in [0.15, 0.2) is 30.3 Å². The van der Waals surface area contributed by atoms with Gasteiger partial charge in [-0.05, 0) is 30.2 Å². The third-order valence-corrected chi connectivity index (χ3v) is 3.73. The average molecular weight is 242 g/mol. The number of rotatable bonds is 1. The first-order chi connectivity index (χ1) is 8.83. The molecule has 2 aromatic rings. The van der Waals surface area contributed by atoms with Crippen molar-refractivity contribution in [2.75, 3.05) is 19.7 Å². The molecule has 1 aliphatic rings.